The first-order valence-corrected chi connectivity index (χ1v) is 8.02. The van der Waals surface area contributed by atoms with E-state index in [-0.39, 0.29) is 0 Å². The van der Waals surface area contributed by atoms with Crippen molar-refractivity contribution in [2.45, 2.75) is 25.3 Å². The Morgan fingerprint density at radius 1 is 1.27 bits per heavy atom. The van der Waals surface area contributed by atoms with Crippen molar-refractivity contribution in [1.29, 1.82) is 0 Å². The van der Waals surface area contributed by atoms with E-state index in [2.05, 4.69) is 52.4 Å². The maximum absolute atomic E-state index is 4.23. The number of hydrogen-bond acceptors (Lipinski definition) is 2. The number of pyridine rings is 1. The molecular formula is C19H21N3. The Labute approximate surface area is 131 Å². The van der Waals surface area contributed by atoms with Crippen molar-refractivity contribution in [3.63, 3.8) is 0 Å². The lowest BCUT2D eigenvalue weighted by atomic mass is 10.00. The monoisotopic (exact) mass is 291 g/mol. The summed E-state index contributed by atoms with van der Waals surface area (Å²) in [6, 6.07) is 11.4. The van der Waals surface area contributed by atoms with Crippen molar-refractivity contribution in [3.05, 3.63) is 54.5 Å². The lowest BCUT2D eigenvalue weighted by Gasteiger charge is -2.18. The molecule has 1 atom stereocenters. The zero-order chi connectivity index (χ0) is 14.9. The van der Waals surface area contributed by atoms with Gasteiger partial charge in [-0.25, -0.2) is 0 Å². The minimum Gasteiger partial charge on any atom is -0.361 e. The number of benzene rings is 1. The van der Waals surface area contributed by atoms with Gasteiger partial charge in [0.25, 0.3) is 0 Å². The highest BCUT2D eigenvalue weighted by Gasteiger charge is 2.22. The van der Waals surface area contributed by atoms with Gasteiger partial charge in [0.1, 0.15) is 0 Å². The fourth-order valence-electron chi connectivity index (χ4n) is 3.55. The first-order chi connectivity index (χ1) is 10.8. The van der Waals surface area contributed by atoms with Gasteiger partial charge in [-0.15, -0.1) is 0 Å². The molecule has 3 nitrogen and oxygen atoms in total. The zero-order valence-electron chi connectivity index (χ0n) is 12.9. The predicted octanol–water partition coefficient (Wildman–Crippen LogP) is 3.87. The summed E-state index contributed by atoms with van der Waals surface area (Å²) in [6.07, 6.45) is 9.70. The van der Waals surface area contributed by atoms with Crippen LogP contribution in [0, 0.1) is 0 Å². The summed E-state index contributed by atoms with van der Waals surface area (Å²) >= 11 is 0. The Morgan fingerprint density at radius 2 is 2.23 bits per heavy atom. The van der Waals surface area contributed by atoms with Crippen LogP contribution in [0.4, 0.5) is 0 Å². The quantitative estimate of drug-likeness (QED) is 0.794. The molecule has 1 unspecified atom stereocenters. The number of H-pyrrole nitrogens is 1. The number of aromatic amines is 1. The van der Waals surface area contributed by atoms with Crippen molar-refractivity contribution in [1.82, 2.24) is 14.9 Å². The van der Waals surface area contributed by atoms with E-state index in [1.165, 1.54) is 47.0 Å². The van der Waals surface area contributed by atoms with Gasteiger partial charge < -0.3 is 9.88 Å². The van der Waals surface area contributed by atoms with Crippen LogP contribution in [-0.2, 0) is 6.42 Å². The van der Waals surface area contributed by atoms with Crippen molar-refractivity contribution in [3.8, 4) is 11.1 Å². The molecule has 3 aromatic rings. The van der Waals surface area contributed by atoms with Crippen molar-refractivity contribution in [2.75, 3.05) is 13.6 Å². The van der Waals surface area contributed by atoms with Crippen LogP contribution in [0.1, 0.15) is 18.4 Å². The summed E-state index contributed by atoms with van der Waals surface area (Å²) in [5, 5.41) is 1.35. The second-order valence-corrected chi connectivity index (χ2v) is 6.30. The molecule has 1 fully saturated rings. The topological polar surface area (TPSA) is 31.9 Å². The van der Waals surface area contributed by atoms with Crippen molar-refractivity contribution < 1.29 is 0 Å². The number of fused-ring (bicyclic) bond motifs is 1. The van der Waals surface area contributed by atoms with Crippen molar-refractivity contribution in [2.24, 2.45) is 0 Å². The molecule has 3 heterocycles. The summed E-state index contributed by atoms with van der Waals surface area (Å²) in [6.45, 7) is 1.23. The number of nitrogens with zero attached hydrogens (tertiary/aromatic N) is 2. The van der Waals surface area contributed by atoms with Crippen LogP contribution in [0.2, 0.25) is 0 Å². The van der Waals surface area contributed by atoms with Crippen LogP contribution >= 0.6 is 0 Å². The van der Waals surface area contributed by atoms with E-state index < -0.39 is 0 Å². The van der Waals surface area contributed by atoms with Crippen molar-refractivity contribution >= 4 is 10.9 Å². The molecule has 1 aliphatic heterocycles. The van der Waals surface area contributed by atoms with Crippen LogP contribution in [0.15, 0.2) is 48.9 Å². The van der Waals surface area contributed by atoms with Crippen LogP contribution in [-0.4, -0.2) is 34.5 Å². The highest BCUT2D eigenvalue weighted by molar-refractivity contribution is 5.88. The molecule has 3 heteroatoms. The van der Waals surface area contributed by atoms with Gasteiger partial charge >= 0.3 is 0 Å². The van der Waals surface area contributed by atoms with Gasteiger partial charge in [0.2, 0.25) is 0 Å². The maximum atomic E-state index is 4.23. The molecule has 1 N–H and O–H groups in total. The predicted molar refractivity (Wildman–Crippen MR) is 90.9 cm³/mol. The molecule has 4 rings (SSSR count). The Kier molecular flexibility index (Phi) is 3.43. The summed E-state index contributed by atoms with van der Waals surface area (Å²) in [4.78, 5) is 10.1. The molecule has 0 saturated carbocycles. The largest absolute Gasteiger partial charge is 0.361 e. The van der Waals surface area contributed by atoms with Gasteiger partial charge in [0, 0.05) is 41.1 Å². The maximum Gasteiger partial charge on any atom is 0.0457 e. The minimum absolute atomic E-state index is 0.682. The summed E-state index contributed by atoms with van der Waals surface area (Å²) in [7, 11) is 2.24. The van der Waals surface area contributed by atoms with Crippen LogP contribution in [0.3, 0.4) is 0 Å². The molecule has 112 valence electrons. The molecule has 22 heavy (non-hydrogen) atoms. The average Bonchev–Trinajstić information content (AvgIpc) is 3.15. The van der Waals surface area contributed by atoms with Crippen LogP contribution in [0.25, 0.3) is 22.0 Å². The van der Waals surface area contributed by atoms with Gasteiger partial charge in [0.15, 0.2) is 0 Å². The molecule has 1 saturated heterocycles. The summed E-state index contributed by atoms with van der Waals surface area (Å²) < 4.78 is 0. The Morgan fingerprint density at radius 3 is 3.00 bits per heavy atom. The number of aromatic nitrogens is 2. The number of nitrogens with one attached hydrogen (secondary N) is 1. The molecule has 2 aromatic heterocycles. The fraction of sp³-hybridized carbons (Fsp3) is 0.316. The smallest absolute Gasteiger partial charge is 0.0457 e. The molecule has 0 radical (unpaired) electrons. The third-order valence-electron chi connectivity index (χ3n) is 4.89. The first kappa shape index (κ1) is 13.5. The third kappa shape index (κ3) is 2.42. The van der Waals surface area contributed by atoms with Crippen LogP contribution in [0.5, 0.6) is 0 Å². The van der Waals surface area contributed by atoms with Crippen LogP contribution < -0.4 is 0 Å². The summed E-state index contributed by atoms with van der Waals surface area (Å²) in [5.41, 5.74) is 5.07. The highest BCUT2D eigenvalue weighted by Crippen LogP contribution is 2.28. The minimum atomic E-state index is 0.682. The van der Waals surface area contributed by atoms with E-state index in [4.69, 9.17) is 0 Å². The van der Waals surface area contributed by atoms with E-state index in [9.17, 15) is 0 Å². The van der Waals surface area contributed by atoms with E-state index in [0.29, 0.717) is 6.04 Å². The number of hydrogen-bond donors (Lipinski definition) is 1. The number of likely N-dealkylation sites (tertiary alicyclic amines) is 1. The summed E-state index contributed by atoms with van der Waals surface area (Å²) in [5.74, 6) is 0. The second kappa shape index (κ2) is 5.58. The van der Waals surface area contributed by atoms with E-state index in [1.807, 2.05) is 18.5 Å². The number of likely N-dealkylation sites (N-methyl/N-ethyl adjacent to an activating group) is 1. The van der Waals surface area contributed by atoms with Gasteiger partial charge in [-0.05, 0) is 62.2 Å². The molecular weight excluding hydrogens is 270 g/mol. The lowest BCUT2D eigenvalue weighted by Crippen LogP contribution is -2.26. The van der Waals surface area contributed by atoms with Gasteiger partial charge in [0.05, 0.1) is 0 Å². The van der Waals surface area contributed by atoms with E-state index >= 15 is 0 Å². The molecule has 1 aliphatic rings. The molecule has 0 aliphatic carbocycles. The van der Waals surface area contributed by atoms with Gasteiger partial charge in [-0.2, -0.15) is 0 Å². The average molecular weight is 291 g/mol. The standard InChI is InChI=1S/C19H21N3/c1-22-9-3-5-17(22)10-16-13-21-19-7-6-14(11-18(16)19)15-4-2-8-20-12-15/h2,4,6-8,11-13,17,21H,3,5,9-10H2,1H3. The van der Waals surface area contributed by atoms with E-state index in [1.54, 1.807) is 0 Å². The van der Waals surface area contributed by atoms with Gasteiger partial charge in [-0.3, -0.25) is 4.98 Å². The third-order valence-corrected chi connectivity index (χ3v) is 4.89. The Hall–Kier alpha value is -2.13. The SMILES string of the molecule is CN1CCCC1Cc1c[nH]c2ccc(-c3cccnc3)cc12. The zero-order valence-corrected chi connectivity index (χ0v) is 12.9. The normalized spacial score (nSPS) is 19.0. The molecule has 1 aromatic carbocycles. The number of rotatable bonds is 3. The molecule has 0 bridgehead atoms. The van der Waals surface area contributed by atoms with Gasteiger partial charge in [-0.1, -0.05) is 12.1 Å². The second-order valence-electron chi connectivity index (χ2n) is 6.30. The highest BCUT2D eigenvalue weighted by atomic mass is 15.1. The van der Waals surface area contributed by atoms with E-state index in [0.717, 1.165) is 6.42 Å². The Balaban J connectivity index is 1.71. The Bertz CT molecular complexity index is 776. The molecule has 0 spiro atoms. The molecule has 0 amide bonds. The lowest BCUT2D eigenvalue weighted by molar-refractivity contribution is 0.310. The fourth-order valence-corrected chi connectivity index (χ4v) is 3.55. The first-order valence-electron chi connectivity index (χ1n) is 8.02.